The van der Waals surface area contributed by atoms with Crippen LogP contribution >= 0.6 is 11.6 Å². The molecule has 1 atom stereocenters. The number of halogens is 1. The predicted molar refractivity (Wildman–Crippen MR) is 70.4 cm³/mol. The molecule has 0 N–H and O–H groups in total. The molecular weight excluding hydrogens is 292 g/mol. The molecule has 0 saturated carbocycles. The topological polar surface area (TPSA) is 74.8 Å². The molecule has 0 aromatic rings. The summed E-state index contributed by atoms with van der Waals surface area (Å²) in [7, 11) is -1.95. The summed E-state index contributed by atoms with van der Waals surface area (Å²) in [4.78, 5) is 25.2. The number of likely N-dealkylation sites (tertiary alicyclic amines) is 1. The molecule has 0 aromatic heterocycles. The molecule has 2 aliphatic heterocycles. The Kier molecular flexibility index (Phi) is 3.55. The minimum Gasteiger partial charge on any atom is -0.341 e. The van der Waals surface area contributed by atoms with Crippen LogP contribution in [0.2, 0.25) is 0 Å². The Hall–Kier alpha value is -0.820. The van der Waals surface area contributed by atoms with E-state index in [1.165, 1.54) is 11.9 Å². The molecular formula is C11H17ClN2O4S. The van der Waals surface area contributed by atoms with Crippen molar-refractivity contribution >= 4 is 33.3 Å². The van der Waals surface area contributed by atoms with Crippen molar-refractivity contribution in [3.63, 3.8) is 0 Å². The van der Waals surface area contributed by atoms with E-state index in [1.807, 2.05) is 0 Å². The van der Waals surface area contributed by atoms with Crippen molar-refractivity contribution in [3.8, 4) is 0 Å². The summed E-state index contributed by atoms with van der Waals surface area (Å²) in [6.07, 6.45) is 0.514. The number of rotatable bonds is 1. The molecule has 8 heteroatoms. The van der Waals surface area contributed by atoms with Crippen LogP contribution in [0.1, 0.15) is 19.8 Å². The maximum atomic E-state index is 12.2. The average molecular weight is 309 g/mol. The summed E-state index contributed by atoms with van der Waals surface area (Å²) in [5, 5.41) is -0.617. The van der Waals surface area contributed by atoms with Crippen LogP contribution in [0.4, 0.5) is 0 Å². The van der Waals surface area contributed by atoms with Gasteiger partial charge in [0, 0.05) is 33.0 Å². The lowest BCUT2D eigenvalue weighted by Gasteiger charge is -2.42. The largest absolute Gasteiger partial charge is 0.341 e. The highest BCUT2D eigenvalue weighted by atomic mass is 35.5. The van der Waals surface area contributed by atoms with Crippen molar-refractivity contribution in [1.29, 1.82) is 0 Å². The number of sulfone groups is 1. The second-order valence-corrected chi connectivity index (χ2v) is 8.03. The number of piperidine rings is 1. The van der Waals surface area contributed by atoms with Crippen molar-refractivity contribution in [3.05, 3.63) is 0 Å². The van der Waals surface area contributed by atoms with E-state index in [4.69, 9.17) is 11.6 Å². The van der Waals surface area contributed by atoms with E-state index in [0.29, 0.717) is 13.1 Å². The van der Waals surface area contributed by atoms with Gasteiger partial charge in [0.05, 0.1) is 0 Å². The molecule has 1 spiro atoms. The number of amides is 2. The number of hydrogen-bond donors (Lipinski definition) is 0. The molecule has 0 aromatic carbocycles. The molecule has 1 unspecified atom stereocenters. The number of hydrogen-bond acceptors (Lipinski definition) is 4. The quantitative estimate of drug-likeness (QED) is 0.630. The van der Waals surface area contributed by atoms with Crippen molar-refractivity contribution in [1.82, 2.24) is 9.80 Å². The molecule has 6 nitrogen and oxygen atoms in total. The van der Waals surface area contributed by atoms with E-state index in [-0.39, 0.29) is 24.7 Å². The first-order chi connectivity index (χ1) is 8.71. The second kappa shape index (κ2) is 4.63. The van der Waals surface area contributed by atoms with Gasteiger partial charge in [0.2, 0.25) is 11.8 Å². The predicted octanol–water partition coefficient (Wildman–Crippen LogP) is -0.181. The van der Waals surface area contributed by atoms with E-state index in [9.17, 15) is 18.0 Å². The molecule has 2 rings (SSSR count). The fourth-order valence-electron chi connectivity index (χ4n) is 2.80. The number of alkyl halides is 1. The van der Waals surface area contributed by atoms with E-state index >= 15 is 0 Å². The Morgan fingerprint density at radius 2 is 1.89 bits per heavy atom. The SMILES string of the molecule is CC(Cl)C(=O)N1CCC2(CC1)N(C)C(=O)CS2(=O)=O. The molecule has 0 aliphatic carbocycles. The van der Waals surface area contributed by atoms with Gasteiger partial charge in [0.1, 0.15) is 16.0 Å². The van der Waals surface area contributed by atoms with Crippen molar-refractivity contribution in [2.24, 2.45) is 0 Å². The summed E-state index contributed by atoms with van der Waals surface area (Å²) in [5.74, 6) is -0.991. The van der Waals surface area contributed by atoms with Gasteiger partial charge in [-0.2, -0.15) is 0 Å². The highest BCUT2D eigenvalue weighted by Gasteiger charge is 2.57. The first-order valence-electron chi connectivity index (χ1n) is 6.13. The van der Waals surface area contributed by atoms with Gasteiger partial charge in [-0.1, -0.05) is 0 Å². The zero-order valence-electron chi connectivity index (χ0n) is 10.9. The molecule has 2 saturated heterocycles. The van der Waals surface area contributed by atoms with Crippen LogP contribution in [0.15, 0.2) is 0 Å². The van der Waals surface area contributed by atoms with Crippen LogP contribution in [0, 0.1) is 0 Å². The van der Waals surface area contributed by atoms with Crippen LogP contribution in [0.3, 0.4) is 0 Å². The van der Waals surface area contributed by atoms with Crippen LogP contribution in [0.25, 0.3) is 0 Å². The monoisotopic (exact) mass is 308 g/mol. The zero-order chi connectivity index (χ0) is 14.4. The minimum absolute atomic E-state index is 0.194. The second-order valence-electron chi connectivity index (χ2n) is 5.10. The Balaban J connectivity index is 2.19. The third-order valence-corrected chi connectivity index (χ3v) is 6.73. The van der Waals surface area contributed by atoms with Gasteiger partial charge >= 0.3 is 0 Å². The van der Waals surface area contributed by atoms with E-state index in [2.05, 4.69) is 0 Å². The first-order valence-corrected chi connectivity index (χ1v) is 8.22. The maximum absolute atomic E-state index is 12.2. The zero-order valence-corrected chi connectivity index (χ0v) is 12.5. The normalized spacial score (nSPS) is 26.8. The van der Waals surface area contributed by atoms with Gasteiger partial charge in [-0.25, -0.2) is 8.42 Å². The van der Waals surface area contributed by atoms with Gasteiger partial charge in [-0.05, 0) is 6.92 Å². The fraction of sp³-hybridized carbons (Fsp3) is 0.818. The van der Waals surface area contributed by atoms with Gasteiger partial charge in [-0.3, -0.25) is 9.59 Å². The van der Waals surface area contributed by atoms with Crippen LogP contribution < -0.4 is 0 Å². The van der Waals surface area contributed by atoms with Gasteiger partial charge in [0.15, 0.2) is 9.84 Å². The molecule has 2 fully saturated rings. The molecule has 19 heavy (non-hydrogen) atoms. The summed E-state index contributed by atoms with van der Waals surface area (Å²) in [6, 6.07) is 0. The molecule has 2 amide bonds. The molecule has 108 valence electrons. The average Bonchev–Trinajstić information content (AvgIpc) is 2.50. The summed E-state index contributed by atoms with van der Waals surface area (Å²) < 4.78 is 24.4. The Morgan fingerprint density at radius 3 is 2.26 bits per heavy atom. The Morgan fingerprint density at radius 1 is 1.37 bits per heavy atom. The molecule has 0 bridgehead atoms. The van der Waals surface area contributed by atoms with E-state index < -0.39 is 25.8 Å². The van der Waals surface area contributed by atoms with Crippen LogP contribution in [-0.4, -0.2) is 66.2 Å². The fourth-order valence-corrected chi connectivity index (χ4v) is 5.05. The third kappa shape index (κ3) is 2.12. The van der Waals surface area contributed by atoms with E-state index in [1.54, 1.807) is 11.8 Å². The first kappa shape index (κ1) is 14.6. The lowest BCUT2D eigenvalue weighted by Crippen LogP contribution is -2.56. The van der Waals surface area contributed by atoms with Gasteiger partial charge in [-0.15, -0.1) is 11.6 Å². The smallest absolute Gasteiger partial charge is 0.240 e. The lowest BCUT2D eigenvalue weighted by molar-refractivity contribution is -0.134. The van der Waals surface area contributed by atoms with Gasteiger partial charge < -0.3 is 9.80 Å². The van der Waals surface area contributed by atoms with Crippen LogP contribution in [-0.2, 0) is 19.4 Å². The van der Waals surface area contributed by atoms with Crippen molar-refractivity contribution in [2.75, 3.05) is 25.9 Å². The highest BCUT2D eigenvalue weighted by molar-refractivity contribution is 7.93. The summed E-state index contributed by atoms with van der Waals surface area (Å²) in [6.45, 7) is 2.22. The van der Waals surface area contributed by atoms with Crippen LogP contribution in [0.5, 0.6) is 0 Å². The number of carbonyl (C=O) groups excluding carboxylic acids is 2. The van der Waals surface area contributed by atoms with E-state index in [0.717, 1.165) is 0 Å². The number of nitrogens with zero attached hydrogens (tertiary/aromatic N) is 2. The Bertz CT molecular complexity index is 509. The van der Waals surface area contributed by atoms with Gasteiger partial charge in [0.25, 0.3) is 0 Å². The minimum atomic E-state index is -3.47. The molecule has 0 radical (unpaired) electrons. The summed E-state index contributed by atoms with van der Waals surface area (Å²) >= 11 is 5.75. The third-order valence-electron chi connectivity index (χ3n) is 4.07. The molecule has 2 heterocycles. The summed E-state index contributed by atoms with van der Waals surface area (Å²) in [5.41, 5.74) is 0. The van der Waals surface area contributed by atoms with Crippen molar-refractivity contribution < 1.29 is 18.0 Å². The highest BCUT2D eigenvalue weighted by Crippen LogP contribution is 2.38. The number of carbonyl (C=O) groups is 2. The standard InChI is InChI=1S/C11H17ClN2O4S/c1-8(12)10(16)14-5-3-11(4-6-14)13(2)9(15)7-19(11,17)18/h8H,3-7H2,1-2H3. The van der Waals surface area contributed by atoms with Crippen molar-refractivity contribution in [2.45, 2.75) is 30.0 Å². The lowest BCUT2D eigenvalue weighted by atomic mass is 10.0. The maximum Gasteiger partial charge on any atom is 0.240 e. The Labute approximate surface area is 117 Å². The molecule has 2 aliphatic rings.